The van der Waals surface area contributed by atoms with Gasteiger partial charge in [-0.05, 0) is 68.3 Å². The Labute approximate surface area is 193 Å². The topological polar surface area (TPSA) is 69.1 Å². The Kier molecular flexibility index (Phi) is 4.46. The minimum Gasteiger partial charge on any atom is -0.362 e. The van der Waals surface area contributed by atoms with Gasteiger partial charge in [-0.25, -0.2) is 4.31 Å². The first kappa shape index (κ1) is 20.2. The van der Waals surface area contributed by atoms with Crippen molar-refractivity contribution in [3.63, 3.8) is 0 Å². The fourth-order valence-corrected chi connectivity index (χ4v) is 7.22. The second-order valence-electron chi connectivity index (χ2n) is 9.73. The molecular formula is C25H29N5OS. The van der Waals surface area contributed by atoms with Crippen molar-refractivity contribution in [3.8, 4) is 0 Å². The molecule has 2 atom stereocenters. The van der Waals surface area contributed by atoms with Gasteiger partial charge in [0.2, 0.25) is 0 Å². The number of rotatable bonds is 3. The Morgan fingerprint density at radius 3 is 2.84 bits per heavy atom. The molecule has 7 heteroatoms. The van der Waals surface area contributed by atoms with Crippen LogP contribution in [0.3, 0.4) is 0 Å². The quantitative estimate of drug-likeness (QED) is 0.663. The number of hydrogen-bond acceptors (Lipinski definition) is 6. The Morgan fingerprint density at radius 1 is 1.31 bits per heavy atom. The summed E-state index contributed by atoms with van der Waals surface area (Å²) in [5.41, 5.74) is 6.18. The SMILES string of the molecule is CC[C@@]1(c2cccc(C3=C(C)SN(C)C3)c2)C2=CN=NC2NC2=C1C(=O)NC1(CCC1)C2. The van der Waals surface area contributed by atoms with Gasteiger partial charge in [-0.1, -0.05) is 31.2 Å². The van der Waals surface area contributed by atoms with E-state index in [0.717, 1.165) is 54.6 Å². The van der Waals surface area contributed by atoms with Crippen molar-refractivity contribution in [2.45, 2.75) is 63.1 Å². The first-order valence-electron chi connectivity index (χ1n) is 11.6. The number of carbonyl (C=O) groups is 1. The lowest BCUT2D eigenvalue weighted by Gasteiger charge is -2.52. The van der Waals surface area contributed by atoms with Crippen LogP contribution in [-0.2, 0) is 10.2 Å². The number of hydrogen-bond donors (Lipinski definition) is 2. The lowest BCUT2D eigenvalue weighted by atomic mass is 9.60. The predicted octanol–water partition coefficient (Wildman–Crippen LogP) is 4.63. The van der Waals surface area contributed by atoms with Crippen molar-refractivity contribution in [1.29, 1.82) is 0 Å². The summed E-state index contributed by atoms with van der Waals surface area (Å²) in [5.74, 6) is 0.0727. The summed E-state index contributed by atoms with van der Waals surface area (Å²) in [6.45, 7) is 5.30. The van der Waals surface area contributed by atoms with Crippen molar-refractivity contribution in [1.82, 2.24) is 14.9 Å². The van der Waals surface area contributed by atoms with Crippen molar-refractivity contribution in [2.75, 3.05) is 13.6 Å². The predicted molar refractivity (Wildman–Crippen MR) is 127 cm³/mol. The fourth-order valence-electron chi connectivity index (χ4n) is 6.26. The van der Waals surface area contributed by atoms with Crippen LogP contribution in [0, 0.1) is 0 Å². The number of amides is 1. The van der Waals surface area contributed by atoms with Crippen molar-refractivity contribution in [2.24, 2.45) is 10.2 Å². The minimum atomic E-state index is -0.522. The molecular weight excluding hydrogens is 418 g/mol. The second kappa shape index (κ2) is 7.06. The van der Waals surface area contributed by atoms with Crippen LogP contribution in [0.5, 0.6) is 0 Å². The molecule has 5 aliphatic rings. The number of fused-ring (bicyclic) bond motifs is 1. The highest BCUT2D eigenvalue weighted by Gasteiger charge is 2.55. The average Bonchev–Trinajstić information content (AvgIpc) is 3.36. The molecule has 4 heterocycles. The van der Waals surface area contributed by atoms with E-state index in [1.807, 2.05) is 6.20 Å². The summed E-state index contributed by atoms with van der Waals surface area (Å²) in [6.07, 6.45) is 6.63. The molecule has 1 aliphatic carbocycles. The van der Waals surface area contributed by atoms with Crippen molar-refractivity contribution >= 4 is 23.4 Å². The molecule has 0 saturated heterocycles. The van der Waals surface area contributed by atoms with Crippen LogP contribution in [0.2, 0.25) is 0 Å². The summed E-state index contributed by atoms with van der Waals surface area (Å²) < 4.78 is 2.26. The van der Waals surface area contributed by atoms with Gasteiger partial charge in [0.1, 0.15) is 0 Å². The Balaban J connectivity index is 1.53. The minimum absolute atomic E-state index is 0.0727. The molecule has 0 aromatic heterocycles. The molecule has 4 aliphatic heterocycles. The first-order valence-corrected chi connectivity index (χ1v) is 12.4. The number of azo groups is 1. The molecule has 32 heavy (non-hydrogen) atoms. The van der Waals surface area contributed by atoms with Crippen LogP contribution in [0.1, 0.15) is 57.1 Å². The van der Waals surface area contributed by atoms with Crippen molar-refractivity contribution < 1.29 is 4.79 Å². The maximum Gasteiger partial charge on any atom is 0.250 e. The molecule has 1 aromatic carbocycles. The number of allylic oxidation sites excluding steroid dienone is 1. The molecule has 1 fully saturated rings. The Hall–Kier alpha value is -2.38. The monoisotopic (exact) mass is 447 g/mol. The van der Waals surface area contributed by atoms with E-state index in [4.69, 9.17) is 0 Å². The molecule has 0 radical (unpaired) electrons. The maximum absolute atomic E-state index is 13.7. The van der Waals surface area contributed by atoms with E-state index in [9.17, 15) is 4.79 Å². The summed E-state index contributed by atoms with van der Waals surface area (Å²) in [7, 11) is 2.13. The van der Waals surface area contributed by atoms with Gasteiger partial charge in [0.05, 0.1) is 17.2 Å². The van der Waals surface area contributed by atoms with E-state index in [1.165, 1.54) is 22.5 Å². The van der Waals surface area contributed by atoms with Gasteiger partial charge in [-0.15, -0.1) is 0 Å². The fraction of sp³-hybridized carbons (Fsp3) is 0.480. The summed E-state index contributed by atoms with van der Waals surface area (Å²) >= 11 is 1.80. The first-order chi connectivity index (χ1) is 15.5. The normalized spacial score (nSPS) is 30.7. The molecule has 166 valence electrons. The molecule has 1 unspecified atom stereocenters. The lowest BCUT2D eigenvalue weighted by Crippen LogP contribution is -2.62. The van der Waals surface area contributed by atoms with Crippen LogP contribution in [0.4, 0.5) is 0 Å². The van der Waals surface area contributed by atoms with Crippen LogP contribution in [0.25, 0.3) is 5.57 Å². The van der Waals surface area contributed by atoms with E-state index in [1.54, 1.807) is 11.9 Å². The molecule has 0 bridgehead atoms. The maximum atomic E-state index is 13.7. The van der Waals surface area contributed by atoms with Crippen LogP contribution < -0.4 is 10.6 Å². The van der Waals surface area contributed by atoms with E-state index < -0.39 is 5.41 Å². The summed E-state index contributed by atoms with van der Waals surface area (Å²) in [4.78, 5) is 15.0. The molecule has 1 saturated carbocycles. The van der Waals surface area contributed by atoms with Gasteiger partial charge in [0.15, 0.2) is 6.17 Å². The zero-order valence-electron chi connectivity index (χ0n) is 18.9. The lowest BCUT2D eigenvalue weighted by molar-refractivity contribution is -0.122. The largest absolute Gasteiger partial charge is 0.362 e. The summed E-state index contributed by atoms with van der Waals surface area (Å²) in [5, 5.41) is 15.8. The van der Waals surface area contributed by atoms with Crippen LogP contribution in [0.15, 0.2) is 62.4 Å². The Bertz CT molecular complexity index is 1140. The van der Waals surface area contributed by atoms with Gasteiger partial charge in [-0.3, -0.25) is 4.79 Å². The zero-order valence-corrected chi connectivity index (χ0v) is 19.7. The average molecular weight is 448 g/mol. The van der Waals surface area contributed by atoms with Crippen LogP contribution in [-0.4, -0.2) is 35.5 Å². The number of benzene rings is 1. The third kappa shape index (κ3) is 2.73. The van der Waals surface area contributed by atoms with Gasteiger partial charge < -0.3 is 10.6 Å². The molecule has 6 rings (SSSR count). The van der Waals surface area contributed by atoms with E-state index >= 15 is 0 Å². The van der Waals surface area contributed by atoms with Crippen LogP contribution >= 0.6 is 11.9 Å². The van der Waals surface area contributed by atoms with E-state index in [2.05, 4.69) is 70.3 Å². The number of carbonyl (C=O) groups excluding carboxylic acids is 1. The Morgan fingerprint density at radius 2 is 2.16 bits per heavy atom. The molecule has 2 N–H and O–H groups in total. The highest BCUT2D eigenvalue weighted by Crippen LogP contribution is 2.53. The highest BCUT2D eigenvalue weighted by atomic mass is 32.2. The summed E-state index contributed by atoms with van der Waals surface area (Å²) in [6, 6.07) is 8.82. The zero-order chi connectivity index (χ0) is 22.1. The molecule has 6 nitrogen and oxygen atoms in total. The second-order valence-corrected chi connectivity index (χ2v) is 11.2. The smallest absolute Gasteiger partial charge is 0.250 e. The molecule has 1 amide bonds. The number of nitrogens with one attached hydrogen (secondary N) is 2. The van der Waals surface area contributed by atoms with E-state index in [-0.39, 0.29) is 17.6 Å². The van der Waals surface area contributed by atoms with E-state index in [0.29, 0.717) is 0 Å². The van der Waals surface area contributed by atoms with Gasteiger partial charge in [-0.2, -0.15) is 10.2 Å². The molecule has 1 aromatic rings. The third-order valence-corrected chi connectivity index (χ3v) is 8.93. The van der Waals surface area contributed by atoms with Gasteiger partial charge >= 0.3 is 0 Å². The van der Waals surface area contributed by atoms with Gasteiger partial charge in [0.25, 0.3) is 5.91 Å². The number of likely N-dealkylation sites (N-methyl/N-ethyl adjacent to an activating group) is 1. The molecule has 1 spiro atoms. The highest BCUT2D eigenvalue weighted by molar-refractivity contribution is 8.01. The number of nitrogens with zero attached hydrogens (tertiary/aromatic N) is 3. The van der Waals surface area contributed by atoms with Crippen molar-refractivity contribution in [3.05, 3.63) is 63.3 Å². The third-order valence-electron chi connectivity index (χ3n) is 7.97. The standard InChI is InChI=1S/C25H29N5OS/c1-4-25(17-8-5-7-16(11-17)18-14-30(3)32-15(18)2)19-13-26-29-22(19)27-20-12-24(9-6-10-24)28-23(31)21(20)25/h5,7-8,11,13,22,27H,4,6,9-10,12,14H2,1-3H3,(H,28,31)/t22?,25-/m1/s1. The van der Waals surface area contributed by atoms with Gasteiger partial charge in [0, 0.05) is 34.7 Å².